The molecule has 0 aliphatic carbocycles. The fourth-order valence-corrected chi connectivity index (χ4v) is 6.59. The molecule has 1 aliphatic heterocycles. The van der Waals surface area contributed by atoms with Gasteiger partial charge in [-0.1, -0.05) is 6.07 Å². The van der Waals surface area contributed by atoms with E-state index in [1.807, 2.05) is 0 Å². The molecule has 0 atom stereocenters. The topological polar surface area (TPSA) is 141 Å². The zero-order valence-electron chi connectivity index (χ0n) is 19.4. The molecule has 1 aromatic carbocycles. The first-order chi connectivity index (χ1) is 17.2. The molecule has 198 valence electrons. The average Bonchev–Trinajstić information content (AvgIpc) is 3.27. The van der Waals surface area contributed by atoms with Crippen molar-refractivity contribution < 1.29 is 36.2 Å². The summed E-state index contributed by atoms with van der Waals surface area (Å²) in [5.74, 6) is -1.90. The number of aryl methyl sites for hydroxylation is 1. The molecule has 1 aliphatic rings. The highest BCUT2D eigenvalue weighted by Crippen LogP contribution is 2.41. The van der Waals surface area contributed by atoms with Gasteiger partial charge in [0.25, 0.3) is 5.56 Å². The highest BCUT2D eigenvalue weighted by atomic mass is 32.2. The van der Waals surface area contributed by atoms with Gasteiger partial charge in [-0.25, -0.2) is 13.2 Å². The first-order valence-corrected chi connectivity index (χ1v) is 13.6. The summed E-state index contributed by atoms with van der Waals surface area (Å²) in [7, 11) is -1.61. The van der Waals surface area contributed by atoms with E-state index >= 15 is 0 Å². The van der Waals surface area contributed by atoms with Crippen LogP contribution in [-0.2, 0) is 27.9 Å². The summed E-state index contributed by atoms with van der Waals surface area (Å²) in [6.07, 6.45) is -2.75. The van der Waals surface area contributed by atoms with Gasteiger partial charge in [-0.15, -0.1) is 11.3 Å². The number of nitrogens with zero attached hydrogens (tertiary/aromatic N) is 2. The minimum absolute atomic E-state index is 0.0132. The van der Waals surface area contributed by atoms with Crippen LogP contribution < -0.4 is 16.0 Å². The molecule has 3 N–H and O–H groups in total. The summed E-state index contributed by atoms with van der Waals surface area (Å²) in [6.45, 7) is -0.938. The number of ether oxygens (including phenoxy) is 1. The van der Waals surface area contributed by atoms with Crippen molar-refractivity contribution in [3.8, 4) is 16.9 Å². The van der Waals surface area contributed by atoms with E-state index in [1.54, 1.807) is 0 Å². The Morgan fingerprint density at radius 2 is 1.95 bits per heavy atom. The number of rotatable bonds is 6. The molecule has 0 radical (unpaired) electrons. The van der Waals surface area contributed by atoms with Gasteiger partial charge in [0.15, 0.2) is 6.61 Å². The number of amidine groups is 1. The number of alkyl halides is 3. The minimum Gasteiger partial charge on any atom is -0.481 e. The number of halogens is 3. The van der Waals surface area contributed by atoms with Crippen molar-refractivity contribution >= 4 is 43.1 Å². The molecule has 0 bridgehead atoms. The van der Waals surface area contributed by atoms with Crippen molar-refractivity contribution in [2.24, 2.45) is 17.8 Å². The molecule has 4 rings (SSSR count). The quantitative estimate of drug-likeness (QED) is 0.351. The molecule has 3 aromatic rings. The van der Waals surface area contributed by atoms with Crippen LogP contribution in [0.25, 0.3) is 21.2 Å². The number of aliphatic carboxylic acids is 1. The van der Waals surface area contributed by atoms with Crippen LogP contribution in [-0.4, -0.2) is 54.1 Å². The Hall–Kier alpha value is -3.39. The second-order valence-electron chi connectivity index (χ2n) is 8.60. The number of hydrogen-bond donors (Lipinski definition) is 2. The van der Waals surface area contributed by atoms with Crippen LogP contribution in [0.1, 0.15) is 23.3 Å². The Morgan fingerprint density at radius 1 is 1.27 bits per heavy atom. The fourth-order valence-electron chi connectivity index (χ4n) is 4.03. The Bertz CT molecular complexity index is 1560. The van der Waals surface area contributed by atoms with Crippen LogP contribution in [0.5, 0.6) is 5.75 Å². The number of aromatic nitrogens is 1. The molecular formula is C23H22F3N3O6S2. The Labute approximate surface area is 212 Å². The highest BCUT2D eigenvalue weighted by molar-refractivity contribution is 7.91. The van der Waals surface area contributed by atoms with Crippen molar-refractivity contribution in [1.29, 1.82) is 0 Å². The van der Waals surface area contributed by atoms with Gasteiger partial charge in [-0.05, 0) is 36.6 Å². The molecule has 3 heterocycles. The summed E-state index contributed by atoms with van der Waals surface area (Å²) in [5.41, 5.74) is 5.12. The standard InChI is InChI=1S/C23H22F3N3O6S2/c1-29-10-15(12-2-3-17(35-11-19(30)31)16(8-12)23(24,25)26)20-14(22(29)32)9-18(36-20)21(27)28-13-4-6-37(33,34)7-5-13/h2-3,8-10,13H,4-7,11H2,1H3,(H2,27,28)(H,30,31). The zero-order valence-corrected chi connectivity index (χ0v) is 21.0. The molecule has 2 aromatic heterocycles. The third-order valence-corrected chi connectivity index (χ3v) is 8.80. The van der Waals surface area contributed by atoms with E-state index in [4.69, 9.17) is 15.6 Å². The molecule has 0 amide bonds. The Balaban J connectivity index is 1.79. The number of nitrogens with two attached hydrogens (primary N) is 1. The number of carbonyl (C=O) groups is 1. The smallest absolute Gasteiger partial charge is 0.419 e. The van der Waals surface area contributed by atoms with Crippen LogP contribution in [0.2, 0.25) is 0 Å². The Morgan fingerprint density at radius 3 is 2.57 bits per heavy atom. The first-order valence-electron chi connectivity index (χ1n) is 11.0. The van der Waals surface area contributed by atoms with Crippen LogP contribution in [0.15, 0.2) is 40.2 Å². The van der Waals surface area contributed by atoms with E-state index in [0.717, 1.165) is 23.5 Å². The molecule has 0 unspecified atom stereocenters. The van der Waals surface area contributed by atoms with E-state index in [2.05, 4.69) is 4.99 Å². The van der Waals surface area contributed by atoms with Gasteiger partial charge in [0, 0.05) is 23.5 Å². The van der Waals surface area contributed by atoms with Gasteiger partial charge in [0.1, 0.15) is 21.4 Å². The summed E-state index contributed by atoms with van der Waals surface area (Å²) in [6, 6.07) is 4.48. The van der Waals surface area contributed by atoms with E-state index in [0.29, 0.717) is 28.0 Å². The van der Waals surface area contributed by atoms with Crippen LogP contribution in [0.4, 0.5) is 13.2 Å². The van der Waals surface area contributed by atoms with Crippen molar-refractivity contribution in [1.82, 2.24) is 4.57 Å². The monoisotopic (exact) mass is 557 g/mol. The molecule has 0 saturated carbocycles. The van der Waals surface area contributed by atoms with Gasteiger partial charge in [-0.2, -0.15) is 13.2 Å². The van der Waals surface area contributed by atoms with Gasteiger partial charge < -0.3 is 20.1 Å². The highest BCUT2D eigenvalue weighted by Gasteiger charge is 2.35. The van der Waals surface area contributed by atoms with Crippen LogP contribution in [0, 0.1) is 0 Å². The van der Waals surface area contributed by atoms with E-state index in [9.17, 15) is 31.2 Å². The fraction of sp³-hybridized carbons (Fsp3) is 0.348. The second kappa shape index (κ2) is 9.82. The average molecular weight is 558 g/mol. The third kappa shape index (κ3) is 5.80. The molecule has 14 heteroatoms. The molecular weight excluding hydrogens is 535 g/mol. The third-order valence-electron chi connectivity index (χ3n) is 5.90. The molecule has 37 heavy (non-hydrogen) atoms. The lowest BCUT2D eigenvalue weighted by atomic mass is 10.0. The lowest BCUT2D eigenvalue weighted by Crippen LogP contribution is -2.27. The molecule has 1 fully saturated rings. The maximum atomic E-state index is 13.8. The van der Waals surface area contributed by atoms with Gasteiger partial charge in [0.05, 0.1) is 33.4 Å². The SMILES string of the molecule is Cn1cc(-c2ccc(OCC(=O)O)c(C(F)(F)F)c2)c2sc(C(N)=NC3CCS(=O)(=O)CC3)cc2c1=O. The van der Waals surface area contributed by atoms with Crippen molar-refractivity contribution in [3.63, 3.8) is 0 Å². The maximum Gasteiger partial charge on any atom is 0.419 e. The molecule has 0 spiro atoms. The van der Waals surface area contributed by atoms with Crippen LogP contribution in [0.3, 0.4) is 0 Å². The summed E-state index contributed by atoms with van der Waals surface area (Å²) >= 11 is 1.09. The maximum absolute atomic E-state index is 13.8. The summed E-state index contributed by atoms with van der Waals surface area (Å²) in [5, 5.41) is 9.01. The van der Waals surface area contributed by atoms with Crippen molar-refractivity contribution in [2.45, 2.75) is 25.1 Å². The van der Waals surface area contributed by atoms with Gasteiger partial charge >= 0.3 is 12.1 Å². The largest absolute Gasteiger partial charge is 0.481 e. The number of benzene rings is 1. The van der Waals surface area contributed by atoms with E-state index < -0.39 is 39.9 Å². The predicted molar refractivity (Wildman–Crippen MR) is 133 cm³/mol. The van der Waals surface area contributed by atoms with E-state index in [1.165, 1.54) is 29.9 Å². The number of pyridine rings is 1. The first kappa shape index (κ1) is 26.7. The number of hydrogen-bond acceptors (Lipinski definition) is 7. The van der Waals surface area contributed by atoms with Gasteiger partial charge in [-0.3, -0.25) is 9.79 Å². The summed E-state index contributed by atoms with van der Waals surface area (Å²) < 4.78 is 71.1. The number of carboxylic acids is 1. The lowest BCUT2D eigenvalue weighted by Gasteiger charge is -2.18. The van der Waals surface area contributed by atoms with Crippen molar-refractivity contribution in [3.05, 3.63) is 51.3 Å². The lowest BCUT2D eigenvalue weighted by molar-refractivity contribution is -0.143. The number of aliphatic imine (C=N–C) groups is 1. The van der Waals surface area contributed by atoms with Crippen molar-refractivity contribution in [2.75, 3.05) is 18.1 Å². The zero-order chi connectivity index (χ0) is 27.1. The molecule has 9 nitrogen and oxygen atoms in total. The number of carboxylic acid groups (broad SMARTS) is 1. The number of fused-ring (bicyclic) bond motifs is 1. The Kier molecular flexibility index (Phi) is 7.08. The van der Waals surface area contributed by atoms with E-state index in [-0.39, 0.29) is 39.9 Å². The van der Waals surface area contributed by atoms with Crippen LogP contribution >= 0.6 is 11.3 Å². The summed E-state index contributed by atoms with van der Waals surface area (Å²) in [4.78, 5) is 28.4. The normalized spacial score (nSPS) is 16.7. The minimum atomic E-state index is -4.82. The second-order valence-corrected chi connectivity index (χ2v) is 12.0. The number of sulfone groups is 1. The molecule has 1 saturated heterocycles. The predicted octanol–water partition coefficient (Wildman–Crippen LogP) is 3.03. The number of thiophene rings is 1. The van der Waals surface area contributed by atoms with Gasteiger partial charge in [0.2, 0.25) is 0 Å².